The maximum absolute atomic E-state index is 12.7. The van der Waals surface area contributed by atoms with Crippen LogP contribution in [0, 0.1) is 6.92 Å². The number of rotatable bonds is 30. The lowest BCUT2D eigenvalue weighted by atomic mass is 9.76. The molecule has 4 aromatic carbocycles. The van der Waals surface area contributed by atoms with Crippen molar-refractivity contribution in [1.29, 1.82) is 0 Å². The van der Waals surface area contributed by atoms with Gasteiger partial charge in [-0.25, -0.2) is 8.42 Å². The Kier molecular flexibility index (Phi) is 21.9. The number of carbonyl (C=O) groups is 1. The minimum Gasteiger partial charge on any atom is -0.382 e. The van der Waals surface area contributed by atoms with Crippen molar-refractivity contribution < 1.29 is 49.7 Å². The van der Waals surface area contributed by atoms with Crippen LogP contribution in [0.1, 0.15) is 76.0 Å². The molecule has 2 aliphatic heterocycles. The van der Waals surface area contributed by atoms with E-state index in [-0.39, 0.29) is 16.2 Å². The Morgan fingerprint density at radius 2 is 1.33 bits per heavy atom. The number of carbonyl (C=O) groups excluding carboxylic acids is 1. The van der Waals surface area contributed by atoms with Crippen LogP contribution in [0.3, 0.4) is 0 Å². The Balaban J connectivity index is 1.27. The highest BCUT2D eigenvalue weighted by Gasteiger charge is 2.45. The molecule has 4 aromatic rings. The first kappa shape index (κ1) is 59.1. The number of benzene rings is 4. The highest BCUT2D eigenvalue weighted by atomic mass is 33.1. The van der Waals surface area contributed by atoms with Crippen LogP contribution in [0.5, 0.6) is 0 Å². The zero-order valence-electron chi connectivity index (χ0n) is 44.7. The van der Waals surface area contributed by atoms with Gasteiger partial charge >= 0.3 is 0 Å². The van der Waals surface area contributed by atoms with Gasteiger partial charge in [0.2, 0.25) is 11.6 Å². The lowest BCUT2D eigenvalue weighted by Gasteiger charge is -2.30. The van der Waals surface area contributed by atoms with E-state index < -0.39 is 24.4 Å². The molecule has 2 N–H and O–H groups in total. The molecule has 1 unspecified atom stereocenters. The number of nitrogens with one attached hydrogen (secondary N) is 1. The molecule has 0 aliphatic carbocycles. The Hall–Kier alpha value is -5.17. The van der Waals surface area contributed by atoms with E-state index in [1.807, 2.05) is 12.1 Å². The van der Waals surface area contributed by atoms with Crippen molar-refractivity contribution in [3.63, 3.8) is 0 Å². The number of hydrogen-bond acceptors (Lipinski definition) is 11. The molecule has 16 heteroatoms. The van der Waals surface area contributed by atoms with Crippen LogP contribution in [0.25, 0.3) is 22.3 Å². The summed E-state index contributed by atoms with van der Waals surface area (Å²) in [6, 6.07) is 28.1. The van der Waals surface area contributed by atoms with Crippen LogP contribution in [0.4, 0.5) is 11.4 Å². The summed E-state index contributed by atoms with van der Waals surface area (Å²) in [5.74, 6) is 0.206. The lowest BCUT2D eigenvalue weighted by Crippen LogP contribution is -2.30. The van der Waals surface area contributed by atoms with Gasteiger partial charge < -0.3 is 29.2 Å². The van der Waals surface area contributed by atoms with E-state index in [0.29, 0.717) is 77.9 Å². The third-order valence-electron chi connectivity index (χ3n) is 13.7. The van der Waals surface area contributed by atoms with E-state index in [0.717, 1.165) is 70.8 Å². The summed E-state index contributed by atoms with van der Waals surface area (Å²) in [7, 11) is -3.36. The van der Waals surface area contributed by atoms with Gasteiger partial charge in [-0.15, -0.1) is 0 Å². The number of ether oxygens (including phenoxy) is 4. The van der Waals surface area contributed by atoms with Crippen molar-refractivity contribution in [2.24, 2.45) is 0 Å². The molecule has 0 aromatic heterocycles. The summed E-state index contributed by atoms with van der Waals surface area (Å²) in [6.07, 6.45) is 20.2. The highest BCUT2D eigenvalue weighted by molar-refractivity contribution is 8.71. The number of amides is 1. The van der Waals surface area contributed by atoms with E-state index in [1.54, 1.807) is 26.4 Å². The number of nitrogens with zero attached hydrogens (tertiary/aromatic N) is 2. The predicted octanol–water partition coefficient (Wildman–Crippen LogP) is 10.8. The second-order valence-electron chi connectivity index (χ2n) is 19.7. The molecule has 0 radical (unpaired) electrons. The number of anilines is 1. The smallest absolute Gasteiger partial charge is 0.294 e. The summed E-state index contributed by atoms with van der Waals surface area (Å²) in [5.41, 5.74) is 11.6. The van der Waals surface area contributed by atoms with Gasteiger partial charge in [0.15, 0.2) is 21.1 Å². The summed E-state index contributed by atoms with van der Waals surface area (Å²) < 4.78 is 81.1. The van der Waals surface area contributed by atoms with Crippen LogP contribution >= 0.6 is 10.8 Å². The number of unbranched alkanes of at least 4 members (excludes halogenated alkanes) is 2. The summed E-state index contributed by atoms with van der Waals surface area (Å²) in [4.78, 5) is 14.9. The molecule has 2 heterocycles. The first-order valence-corrected chi connectivity index (χ1v) is 30.5. The van der Waals surface area contributed by atoms with Gasteiger partial charge in [0.1, 0.15) is 6.61 Å². The van der Waals surface area contributed by atoms with Gasteiger partial charge in [0, 0.05) is 86.9 Å². The molecule has 13 nitrogen and oxygen atoms in total. The number of aryl methyl sites for hydroxylation is 1. The molecule has 0 saturated carbocycles. The van der Waals surface area contributed by atoms with Crippen molar-refractivity contribution in [2.45, 2.75) is 81.9 Å². The lowest BCUT2D eigenvalue weighted by molar-refractivity contribution is -0.442. The van der Waals surface area contributed by atoms with Crippen molar-refractivity contribution >= 4 is 52.8 Å². The zero-order chi connectivity index (χ0) is 54.1. The van der Waals surface area contributed by atoms with Gasteiger partial charge in [0.25, 0.3) is 10.1 Å². The molecular weight excluding hydrogens is 1010 g/mol. The van der Waals surface area contributed by atoms with Crippen LogP contribution in [0.15, 0.2) is 138 Å². The number of fused-ring (bicyclic) bond motifs is 2. The van der Waals surface area contributed by atoms with E-state index in [4.69, 9.17) is 18.9 Å². The Labute approximate surface area is 449 Å². The van der Waals surface area contributed by atoms with E-state index in [9.17, 15) is 26.2 Å². The number of allylic oxidation sites excluding steroid dienone is 8. The summed E-state index contributed by atoms with van der Waals surface area (Å²) >= 11 is 0. The average molecular weight is 1080 g/mol. The van der Waals surface area contributed by atoms with Crippen molar-refractivity contribution in [1.82, 2.24) is 5.32 Å². The average Bonchev–Trinajstić information content (AvgIpc) is 3.74. The number of hydrogen-bond donors (Lipinski definition) is 2. The highest BCUT2D eigenvalue weighted by Crippen LogP contribution is 2.52. The third kappa shape index (κ3) is 16.4. The normalized spacial score (nSPS) is 17.1. The molecular formula is C59H76N3O10S3+. The maximum atomic E-state index is 12.7. The topological polar surface area (TPSA) is 161 Å². The fourth-order valence-electron chi connectivity index (χ4n) is 9.77. The van der Waals surface area contributed by atoms with Gasteiger partial charge in [0.05, 0.1) is 36.7 Å². The largest absolute Gasteiger partial charge is 0.382 e. The van der Waals surface area contributed by atoms with Crippen LogP contribution in [0.2, 0.25) is 0 Å². The van der Waals surface area contributed by atoms with Gasteiger partial charge in [-0.3, -0.25) is 9.35 Å². The molecule has 0 spiro atoms. The Morgan fingerprint density at radius 1 is 0.720 bits per heavy atom. The van der Waals surface area contributed by atoms with E-state index >= 15 is 0 Å². The van der Waals surface area contributed by atoms with Crippen LogP contribution in [-0.2, 0) is 53.6 Å². The fourth-order valence-corrected chi connectivity index (χ4v) is 11.9. The fraction of sp³-hybridized carbons (Fsp3) is 0.424. The molecule has 6 rings (SSSR count). The predicted molar refractivity (Wildman–Crippen MR) is 305 cm³/mol. The van der Waals surface area contributed by atoms with E-state index in [2.05, 4.69) is 134 Å². The molecule has 404 valence electrons. The molecule has 0 fully saturated rings. The Morgan fingerprint density at radius 3 is 2.00 bits per heavy atom. The zero-order valence-corrected chi connectivity index (χ0v) is 47.1. The van der Waals surface area contributed by atoms with Crippen LogP contribution in [-0.4, -0.2) is 123 Å². The van der Waals surface area contributed by atoms with Crippen molar-refractivity contribution in [3.8, 4) is 22.3 Å². The van der Waals surface area contributed by atoms with Gasteiger partial charge in [-0.05, 0) is 128 Å². The standard InChI is InChI=1S/C59H75N3O10S3/c1-45-20-22-46(23-21-45)48-26-30-53-51(43-48)58(2,3)55(62(53)35-37-72-41-39-70-6)17-12-9-8-10-13-18-56-59(4,32-15-11-14-19-57(63)60-33-42-73-74(7,64)65)52-44-49(47-24-28-50(29-25-47)75(66,67)68)27-31-54(52)61(56)34-16-36-71-40-38-69-5/h8-10,12-13,17-18,20-31,43-44H,11,14-16,19,32-42H2,1-7H3,(H-,60,63,66,67,68)/p+1. The summed E-state index contributed by atoms with van der Waals surface area (Å²) in [6.45, 7) is 13.9. The Bertz CT molecular complexity index is 2950. The molecule has 75 heavy (non-hydrogen) atoms. The first-order chi connectivity index (χ1) is 35.9. The van der Waals surface area contributed by atoms with Crippen molar-refractivity contribution in [3.05, 3.63) is 150 Å². The minimum atomic E-state index is -4.35. The second-order valence-corrected chi connectivity index (χ2v) is 25.7. The minimum absolute atomic E-state index is 0.0949. The first-order valence-electron chi connectivity index (χ1n) is 25.7. The molecule has 1 amide bonds. The quantitative estimate of drug-likeness (QED) is 0.0167. The molecule has 1 atom stereocenters. The SMILES string of the molecule is COCCOCCCN1/C(=C/C=C/C=C/C=C/C2=[N+](CCOCCOC)c3ccc(-c4ccc(C)cc4)cc3C2(C)C)C(C)(CCCCCC(=O)NCCSS(C)(=O)=O)c2cc(-c3ccc(S(=O)(=O)O)cc3)ccc21. The van der Waals surface area contributed by atoms with Gasteiger partial charge in [-0.1, -0.05) is 91.2 Å². The summed E-state index contributed by atoms with van der Waals surface area (Å²) in [5, 5.41) is 2.84. The second kappa shape index (κ2) is 27.7. The third-order valence-corrected chi connectivity index (χ3v) is 17.2. The molecule has 0 saturated heterocycles. The molecule has 2 aliphatic rings. The number of methoxy groups -OCH3 is 2. The van der Waals surface area contributed by atoms with Gasteiger partial charge in [-0.2, -0.15) is 13.0 Å². The molecule has 0 bridgehead atoms. The van der Waals surface area contributed by atoms with Crippen molar-refractivity contribution in [2.75, 3.05) is 90.4 Å². The van der Waals surface area contributed by atoms with Crippen LogP contribution < -0.4 is 10.2 Å². The maximum Gasteiger partial charge on any atom is 0.294 e. The van der Waals surface area contributed by atoms with E-state index in [1.165, 1.54) is 45.8 Å². The monoisotopic (exact) mass is 1080 g/mol.